The Morgan fingerprint density at radius 1 is 1.35 bits per heavy atom. The van der Waals surface area contributed by atoms with Crippen LogP contribution in [-0.4, -0.2) is 78.3 Å². The molecule has 3 amide bonds. The van der Waals surface area contributed by atoms with E-state index in [2.05, 4.69) is 10.0 Å². The van der Waals surface area contributed by atoms with Gasteiger partial charge in [0.05, 0.1) is 11.5 Å². The Morgan fingerprint density at radius 2 is 2.06 bits per heavy atom. The number of carbonyl (C=O) groups is 4. The number of carboxylic acid groups (broad SMARTS) is 1. The predicted molar refractivity (Wildman–Crippen MR) is 115 cm³/mol. The highest BCUT2D eigenvalue weighted by Gasteiger charge is 2.38. The first kappa shape index (κ1) is 25.1. The first-order valence-corrected chi connectivity index (χ1v) is 12.8. The number of piperidine rings is 1. The summed E-state index contributed by atoms with van der Waals surface area (Å²) in [4.78, 5) is 48.6. The number of rotatable bonds is 10. The normalized spacial score (nSPS) is 20.1. The fraction of sp³-hybridized carbons (Fsp3) is 0.529. The van der Waals surface area contributed by atoms with Crippen LogP contribution in [0.15, 0.2) is 21.7 Å². The summed E-state index contributed by atoms with van der Waals surface area (Å²) >= 11 is 1.96. The van der Waals surface area contributed by atoms with Gasteiger partial charge in [-0.3, -0.25) is 19.2 Å². The lowest BCUT2D eigenvalue weighted by molar-refractivity contribution is -0.141. The molecule has 0 bridgehead atoms. The minimum absolute atomic E-state index is 0.00272. The van der Waals surface area contributed by atoms with Gasteiger partial charge in [0, 0.05) is 12.6 Å². The number of primary amides is 1. The molecule has 2 heterocycles. The number of hydrogen-bond donors (Lipinski definition) is 4. The number of amides is 3. The van der Waals surface area contributed by atoms with E-state index in [0.29, 0.717) is 0 Å². The molecule has 1 aromatic heterocycles. The molecule has 0 spiro atoms. The second kappa shape index (κ2) is 10.9. The number of aliphatic carboxylic acids is 1. The van der Waals surface area contributed by atoms with Crippen molar-refractivity contribution in [2.75, 3.05) is 18.1 Å². The fourth-order valence-corrected chi connectivity index (χ4v) is 5.91. The van der Waals surface area contributed by atoms with E-state index in [1.807, 2.05) is 0 Å². The van der Waals surface area contributed by atoms with Gasteiger partial charge in [-0.25, -0.2) is 13.1 Å². The fourth-order valence-electron chi connectivity index (χ4n) is 3.00. The van der Waals surface area contributed by atoms with Crippen LogP contribution in [0.5, 0.6) is 0 Å². The van der Waals surface area contributed by atoms with Crippen molar-refractivity contribution in [1.29, 1.82) is 0 Å². The van der Waals surface area contributed by atoms with Crippen LogP contribution in [0.1, 0.15) is 19.8 Å². The highest BCUT2D eigenvalue weighted by Crippen LogP contribution is 2.23. The number of carboxylic acids is 1. The van der Waals surface area contributed by atoms with E-state index in [4.69, 9.17) is 10.8 Å². The molecule has 0 aromatic carbocycles. The summed E-state index contributed by atoms with van der Waals surface area (Å²) in [7, 11) is -3.77. The summed E-state index contributed by atoms with van der Waals surface area (Å²) < 4.78 is 27.8. The molecule has 0 aliphatic carbocycles. The SMILES string of the molecule is C[C@@H](NC(=O)[C@@H]1C[C@@H](NS(=O)(=O)c2cccs2)CCN1C(=O)CSCC(=O)O)C(N)=O. The van der Waals surface area contributed by atoms with Gasteiger partial charge in [0.2, 0.25) is 27.7 Å². The molecule has 0 radical (unpaired) electrons. The van der Waals surface area contributed by atoms with Gasteiger partial charge in [-0.15, -0.1) is 23.1 Å². The van der Waals surface area contributed by atoms with Crippen molar-refractivity contribution in [1.82, 2.24) is 14.9 Å². The molecule has 5 N–H and O–H groups in total. The third-order valence-corrected chi connectivity index (χ3v) is 8.36. The van der Waals surface area contributed by atoms with E-state index >= 15 is 0 Å². The van der Waals surface area contributed by atoms with E-state index in [9.17, 15) is 27.6 Å². The molecule has 172 valence electrons. The van der Waals surface area contributed by atoms with Crippen molar-refractivity contribution < 1.29 is 32.7 Å². The zero-order chi connectivity index (χ0) is 23.2. The van der Waals surface area contributed by atoms with E-state index < -0.39 is 51.8 Å². The Balaban J connectivity index is 2.14. The number of hydrogen-bond acceptors (Lipinski definition) is 8. The summed E-state index contributed by atoms with van der Waals surface area (Å²) in [5.74, 6) is -3.32. The lowest BCUT2D eigenvalue weighted by Gasteiger charge is -2.39. The lowest BCUT2D eigenvalue weighted by atomic mass is 9.97. The molecule has 1 aliphatic rings. The maximum absolute atomic E-state index is 12.8. The van der Waals surface area contributed by atoms with Crippen LogP contribution in [0.4, 0.5) is 0 Å². The minimum Gasteiger partial charge on any atom is -0.481 e. The molecular weight excluding hydrogens is 468 g/mol. The number of carbonyl (C=O) groups excluding carboxylic acids is 3. The Kier molecular flexibility index (Phi) is 8.85. The average molecular weight is 493 g/mol. The second-order valence-corrected chi connectivity index (χ2v) is 10.8. The minimum atomic E-state index is -3.77. The van der Waals surface area contributed by atoms with Crippen LogP contribution >= 0.6 is 23.1 Å². The number of sulfonamides is 1. The summed E-state index contributed by atoms with van der Waals surface area (Å²) in [5.41, 5.74) is 5.18. The number of thioether (sulfide) groups is 1. The molecule has 1 aliphatic heterocycles. The van der Waals surface area contributed by atoms with Gasteiger partial charge in [-0.05, 0) is 31.2 Å². The Hall–Kier alpha value is -2.16. The van der Waals surface area contributed by atoms with Crippen molar-refractivity contribution in [3.05, 3.63) is 17.5 Å². The monoisotopic (exact) mass is 492 g/mol. The van der Waals surface area contributed by atoms with Crippen molar-refractivity contribution in [3.63, 3.8) is 0 Å². The summed E-state index contributed by atoms with van der Waals surface area (Å²) in [6, 6.07) is 0.446. The van der Waals surface area contributed by atoms with Crippen molar-refractivity contribution in [2.24, 2.45) is 5.73 Å². The first-order chi connectivity index (χ1) is 14.5. The maximum atomic E-state index is 12.8. The zero-order valence-electron chi connectivity index (χ0n) is 16.6. The van der Waals surface area contributed by atoms with Gasteiger partial charge in [0.25, 0.3) is 0 Å². The second-order valence-electron chi connectivity index (χ2n) is 6.90. The van der Waals surface area contributed by atoms with Crippen molar-refractivity contribution in [3.8, 4) is 0 Å². The molecule has 3 atom stereocenters. The van der Waals surface area contributed by atoms with E-state index in [-0.39, 0.29) is 35.1 Å². The average Bonchev–Trinajstić information content (AvgIpc) is 3.23. The van der Waals surface area contributed by atoms with Crippen LogP contribution in [0.3, 0.4) is 0 Å². The molecule has 0 saturated carbocycles. The summed E-state index contributed by atoms with van der Waals surface area (Å²) in [5, 5.41) is 12.8. The molecule has 14 heteroatoms. The lowest BCUT2D eigenvalue weighted by Crippen LogP contribution is -2.59. The van der Waals surface area contributed by atoms with Gasteiger partial charge in [0.1, 0.15) is 16.3 Å². The van der Waals surface area contributed by atoms with Crippen LogP contribution in [0.25, 0.3) is 0 Å². The van der Waals surface area contributed by atoms with Gasteiger partial charge in [0.15, 0.2) is 0 Å². The smallest absolute Gasteiger partial charge is 0.313 e. The molecule has 31 heavy (non-hydrogen) atoms. The Labute approximate surface area is 187 Å². The Morgan fingerprint density at radius 3 is 2.65 bits per heavy atom. The van der Waals surface area contributed by atoms with Gasteiger partial charge in [-0.1, -0.05) is 6.07 Å². The first-order valence-electron chi connectivity index (χ1n) is 9.25. The highest BCUT2D eigenvalue weighted by atomic mass is 32.2. The number of nitrogens with one attached hydrogen (secondary N) is 2. The van der Waals surface area contributed by atoms with E-state index in [1.54, 1.807) is 11.4 Å². The third-order valence-electron chi connectivity index (χ3n) is 4.54. The number of thiophene rings is 1. The van der Waals surface area contributed by atoms with Crippen LogP contribution in [-0.2, 0) is 29.2 Å². The number of nitrogens with zero attached hydrogens (tertiary/aromatic N) is 1. The van der Waals surface area contributed by atoms with Crippen LogP contribution in [0, 0.1) is 0 Å². The Bertz CT molecular complexity index is 920. The molecule has 0 unspecified atom stereocenters. The summed E-state index contributed by atoms with van der Waals surface area (Å²) in [6.07, 6.45) is 0.270. The predicted octanol–water partition coefficient (Wildman–Crippen LogP) is -0.806. The van der Waals surface area contributed by atoms with Gasteiger partial charge >= 0.3 is 5.97 Å². The molecule has 11 nitrogen and oxygen atoms in total. The quantitative estimate of drug-likeness (QED) is 0.328. The molecular formula is C17H24N4O7S3. The molecule has 2 rings (SSSR count). The van der Waals surface area contributed by atoms with Crippen LogP contribution < -0.4 is 15.8 Å². The highest BCUT2D eigenvalue weighted by molar-refractivity contribution is 8.00. The van der Waals surface area contributed by atoms with Gasteiger partial charge < -0.3 is 21.1 Å². The van der Waals surface area contributed by atoms with E-state index in [1.165, 1.54) is 17.9 Å². The van der Waals surface area contributed by atoms with E-state index in [0.717, 1.165) is 23.1 Å². The molecule has 1 aromatic rings. The third kappa shape index (κ3) is 7.19. The number of nitrogens with two attached hydrogens (primary N) is 1. The zero-order valence-corrected chi connectivity index (χ0v) is 19.1. The maximum Gasteiger partial charge on any atom is 0.313 e. The van der Waals surface area contributed by atoms with Crippen molar-refractivity contribution in [2.45, 2.75) is 42.1 Å². The topological polar surface area (TPSA) is 176 Å². The summed E-state index contributed by atoms with van der Waals surface area (Å²) in [6.45, 7) is 1.49. The van der Waals surface area contributed by atoms with Crippen LogP contribution in [0.2, 0.25) is 0 Å². The molecule has 1 fully saturated rings. The molecule has 1 saturated heterocycles. The largest absolute Gasteiger partial charge is 0.481 e. The van der Waals surface area contributed by atoms with Gasteiger partial charge in [-0.2, -0.15) is 0 Å². The van der Waals surface area contributed by atoms with Crippen molar-refractivity contribution >= 4 is 56.8 Å². The standard InChI is InChI=1S/C17H24N4O7S3/c1-10(16(18)25)19-17(26)12-7-11(20-31(27,28)15-3-2-6-30-15)4-5-21(12)13(22)8-29-9-14(23)24/h2-3,6,10-12,20H,4-5,7-9H2,1H3,(H2,18,25)(H,19,26)(H,23,24)/t10-,11+,12+/m1/s1. The number of likely N-dealkylation sites (tertiary alicyclic amines) is 1.